The highest BCUT2D eigenvalue weighted by Crippen LogP contribution is 2.24. The van der Waals surface area contributed by atoms with Crippen molar-refractivity contribution in [1.82, 2.24) is 9.55 Å². The number of hydrogen-bond donors (Lipinski definition) is 0. The molecule has 2 aromatic rings. The molecule has 0 N–H and O–H groups in total. The second kappa shape index (κ2) is 4.80. The van der Waals surface area contributed by atoms with Crippen molar-refractivity contribution in [2.75, 3.05) is 0 Å². The monoisotopic (exact) mass is 276 g/mol. The van der Waals surface area contributed by atoms with Crippen molar-refractivity contribution in [2.45, 2.75) is 31.9 Å². The van der Waals surface area contributed by atoms with Crippen LogP contribution in [0.2, 0.25) is 0 Å². The number of nitrogens with zero attached hydrogens (tertiary/aromatic N) is 2. The van der Waals surface area contributed by atoms with Gasteiger partial charge in [-0.15, -0.1) is 11.6 Å². The van der Waals surface area contributed by atoms with Gasteiger partial charge in [-0.3, -0.25) is 0 Å². The molecule has 6 heteroatoms. The molecule has 0 aliphatic carbocycles. The molecule has 0 saturated carbocycles. The normalized spacial score (nSPS) is 12.3. The number of rotatable bonds is 3. The number of hydrogen-bond acceptors (Lipinski definition) is 1. The standard InChI is InChI=1S/C12H12ClF3N2/c1-8-2-3-10-9(6-8)17-11(7-13)18(10)5-4-12(14,15)16/h2-3,6H,4-5,7H2,1H3. The molecule has 1 aromatic carbocycles. The fraction of sp³-hybridized carbons (Fsp3) is 0.417. The summed E-state index contributed by atoms with van der Waals surface area (Å²) in [4.78, 5) is 4.26. The van der Waals surface area contributed by atoms with E-state index in [-0.39, 0.29) is 12.4 Å². The minimum Gasteiger partial charge on any atom is -0.327 e. The third kappa shape index (κ3) is 2.77. The van der Waals surface area contributed by atoms with Gasteiger partial charge in [-0.05, 0) is 24.6 Å². The minimum atomic E-state index is -4.18. The summed E-state index contributed by atoms with van der Waals surface area (Å²) in [6.45, 7) is 1.76. The molecule has 2 nitrogen and oxygen atoms in total. The molecule has 2 rings (SSSR count). The summed E-state index contributed by atoms with van der Waals surface area (Å²) in [5.41, 5.74) is 2.40. The molecule has 0 atom stereocenters. The van der Waals surface area contributed by atoms with E-state index in [4.69, 9.17) is 11.6 Å². The van der Waals surface area contributed by atoms with Crippen molar-refractivity contribution < 1.29 is 13.2 Å². The van der Waals surface area contributed by atoms with E-state index in [0.717, 1.165) is 5.56 Å². The highest BCUT2D eigenvalue weighted by atomic mass is 35.5. The lowest BCUT2D eigenvalue weighted by Gasteiger charge is -2.10. The van der Waals surface area contributed by atoms with Crippen molar-refractivity contribution in [3.05, 3.63) is 29.6 Å². The lowest BCUT2D eigenvalue weighted by atomic mass is 10.2. The van der Waals surface area contributed by atoms with Gasteiger partial charge in [0.05, 0.1) is 23.3 Å². The first-order valence-electron chi connectivity index (χ1n) is 5.49. The summed E-state index contributed by atoms with van der Waals surface area (Å²) >= 11 is 5.73. The zero-order valence-corrected chi connectivity index (χ0v) is 10.5. The van der Waals surface area contributed by atoms with Gasteiger partial charge in [0.15, 0.2) is 0 Å². The molecule has 0 fully saturated rings. The van der Waals surface area contributed by atoms with Crippen LogP contribution in [0.4, 0.5) is 13.2 Å². The number of aromatic nitrogens is 2. The van der Waals surface area contributed by atoms with Crippen molar-refractivity contribution >= 4 is 22.6 Å². The molecule has 1 aromatic heterocycles. The van der Waals surface area contributed by atoms with E-state index in [9.17, 15) is 13.2 Å². The van der Waals surface area contributed by atoms with E-state index in [0.29, 0.717) is 16.9 Å². The fourth-order valence-electron chi connectivity index (χ4n) is 1.88. The first-order valence-corrected chi connectivity index (χ1v) is 6.02. The van der Waals surface area contributed by atoms with Crippen LogP contribution in [-0.2, 0) is 12.4 Å². The summed E-state index contributed by atoms with van der Waals surface area (Å²) in [6, 6.07) is 5.48. The first kappa shape index (κ1) is 13.2. The molecule has 0 aliphatic rings. The summed E-state index contributed by atoms with van der Waals surface area (Å²) in [7, 11) is 0. The minimum absolute atomic E-state index is 0.103. The Balaban J connectivity index is 2.41. The molecule has 0 spiro atoms. The van der Waals surface area contributed by atoms with E-state index >= 15 is 0 Å². The Morgan fingerprint density at radius 3 is 2.67 bits per heavy atom. The van der Waals surface area contributed by atoms with E-state index in [1.165, 1.54) is 4.57 Å². The molecule has 1 heterocycles. The van der Waals surface area contributed by atoms with Crippen LogP contribution in [-0.4, -0.2) is 15.7 Å². The van der Waals surface area contributed by atoms with Crippen LogP contribution >= 0.6 is 11.6 Å². The summed E-state index contributed by atoms with van der Waals surface area (Å²) < 4.78 is 38.4. The van der Waals surface area contributed by atoms with Gasteiger partial charge in [-0.25, -0.2) is 4.98 Å². The number of alkyl halides is 4. The molecule has 0 amide bonds. The average Bonchev–Trinajstić information content (AvgIpc) is 2.62. The molecular weight excluding hydrogens is 265 g/mol. The topological polar surface area (TPSA) is 17.8 Å². The van der Waals surface area contributed by atoms with Crippen LogP contribution in [0, 0.1) is 6.92 Å². The molecule has 0 radical (unpaired) electrons. The van der Waals surface area contributed by atoms with Crippen molar-refractivity contribution in [1.29, 1.82) is 0 Å². The Hall–Kier alpha value is -1.23. The Bertz CT molecular complexity index is 560. The third-order valence-corrected chi connectivity index (χ3v) is 2.96. The van der Waals surface area contributed by atoms with Crippen LogP contribution in [0.1, 0.15) is 17.8 Å². The quantitative estimate of drug-likeness (QED) is 0.774. The molecule has 98 valence electrons. The van der Waals surface area contributed by atoms with Gasteiger partial charge >= 0.3 is 6.18 Å². The number of benzene rings is 1. The Morgan fingerprint density at radius 1 is 1.33 bits per heavy atom. The van der Waals surface area contributed by atoms with E-state index in [2.05, 4.69) is 4.98 Å². The molecule has 0 bridgehead atoms. The van der Waals surface area contributed by atoms with Crippen LogP contribution in [0.25, 0.3) is 11.0 Å². The number of halogens is 4. The molecule has 0 aliphatic heterocycles. The number of imidazole rings is 1. The van der Waals surface area contributed by atoms with Crippen molar-refractivity contribution in [3.63, 3.8) is 0 Å². The summed E-state index contributed by atoms with van der Waals surface area (Å²) in [6.07, 6.45) is -5.05. The van der Waals surface area contributed by atoms with Crippen LogP contribution in [0.15, 0.2) is 18.2 Å². The fourth-order valence-corrected chi connectivity index (χ4v) is 2.08. The van der Waals surface area contributed by atoms with Crippen LogP contribution in [0.5, 0.6) is 0 Å². The zero-order valence-electron chi connectivity index (χ0n) is 9.76. The first-order chi connectivity index (χ1) is 8.40. The smallest absolute Gasteiger partial charge is 0.327 e. The Morgan fingerprint density at radius 2 is 2.06 bits per heavy atom. The van der Waals surface area contributed by atoms with Crippen molar-refractivity contribution in [3.8, 4) is 0 Å². The maximum atomic E-state index is 12.3. The SMILES string of the molecule is Cc1ccc2c(c1)nc(CCl)n2CCC(F)(F)F. The predicted octanol–water partition coefficient (Wildman–Crippen LogP) is 4.04. The van der Waals surface area contributed by atoms with E-state index in [1.54, 1.807) is 6.07 Å². The third-order valence-electron chi connectivity index (χ3n) is 2.72. The second-order valence-corrected chi connectivity index (χ2v) is 4.44. The van der Waals surface area contributed by atoms with Gasteiger partial charge in [-0.2, -0.15) is 13.2 Å². The van der Waals surface area contributed by atoms with E-state index in [1.807, 2.05) is 19.1 Å². The largest absolute Gasteiger partial charge is 0.390 e. The van der Waals surface area contributed by atoms with Gasteiger partial charge in [0.1, 0.15) is 5.82 Å². The predicted molar refractivity (Wildman–Crippen MR) is 64.7 cm³/mol. The zero-order chi connectivity index (χ0) is 13.3. The highest BCUT2D eigenvalue weighted by molar-refractivity contribution is 6.16. The summed E-state index contributed by atoms with van der Waals surface area (Å²) in [5, 5.41) is 0. The summed E-state index contributed by atoms with van der Waals surface area (Å²) in [5.74, 6) is 0.576. The second-order valence-electron chi connectivity index (χ2n) is 4.17. The van der Waals surface area contributed by atoms with Gasteiger partial charge < -0.3 is 4.57 Å². The molecule has 18 heavy (non-hydrogen) atoms. The maximum absolute atomic E-state index is 12.3. The van der Waals surface area contributed by atoms with Crippen LogP contribution < -0.4 is 0 Å². The molecule has 0 saturated heterocycles. The Labute approximate surface area is 107 Å². The lowest BCUT2D eigenvalue weighted by Crippen LogP contribution is -2.13. The van der Waals surface area contributed by atoms with Gasteiger partial charge in [0.25, 0.3) is 0 Å². The van der Waals surface area contributed by atoms with Crippen LogP contribution in [0.3, 0.4) is 0 Å². The number of aryl methyl sites for hydroxylation is 2. The maximum Gasteiger partial charge on any atom is 0.390 e. The van der Waals surface area contributed by atoms with Gasteiger partial charge in [0, 0.05) is 6.54 Å². The lowest BCUT2D eigenvalue weighted by molar-refractivity contribution is -0.136. The van der Waals surface area contributed by atoms with Gasteiger partial charge in [-0.1, -0.05) is 6.07 Å². The highest BCUT2D eigenvalue weighted by Gasteiger charge is 2.27. The molecule has 0 unspecified atom stereocenters. The average molecular weight is 277 g/mol. The number of fused-ring (bicyclic) bond motifs is 1. The van der Waals surface area contributed by atoms with E-state index < -0.39 is 12.6 Å². The van der Waals surface area contributed by atoms with Crippen molar-refractivity contribution in [2.24, 2.45) is 0 Å². The molecular formula is C12H12ClF3N2. The van der Waals surface area contributed by atoms with Gasteiger partial charge in [0.2, 0.25) is 0 Å². The Kier molecular flexibility index (Phi) is 3.52.